The Morgan fingerprint density at radius 3 is 2.12 bits per heavy atom. The van der Waals surface area contributed by atoms with E-state index in [1.165, 1.54) is 24.3 Å². The van der Waals surface area contributed by atoms with Crippen molar-refractivity contribution in [2.24, 2.45) is 17.2 Å². The summed E-state index contributed by atoms with van der Waals surface area (Å²) in [6, 6.07) is 12.9. The maximum absolute atomic E-state index is 13.5. The molecule has 0 heterocycles. The number of nitrogens with two attached hydrogens (primary N) is 3. The maximum atomic E-state index is 13.5. The number of carbonyl (C=O) groups excluding carboxylic acids is 1. The Balaban J connectivity index is 1.54. The molecular formula is C28H32F6N6O2S. The Morgan fingerprint density at radius 2 is 1.49 bits per heavy atom. The number of hydrogen-bond donors (Lipinski definition) is 6. The second kappa shape index (κ2) is 15.2. The van der Waals surface area contributed by atoms with Gasteiger partial charge in [-0.05, 0) is 60.5 Å². The van der Waals surface area contributed by atoms with Crippen molar-refractivity contribution in [2.75, 3.05) is 41.3 Å². The monoisotopic (exact) mass is 630 g/mol. The van der Waals surface area contributed by atoms with Crippen molar-refractivity contribution in [2.45, 2.75) is 36.3 Å². The lowest BCUT2D eigenvalue weighted by Crippen LogP contribution is -2.28. The smallest absolute Gasteiger partial charge is 0.418 e. The van der Waals surface area contributed by atoms with Gasteiger partial charge in [0.25, 0.3) is 0 Å². The second-order valence-electron chi connectivity index (χ2n) is 9.24. The number of rotatable bonds is 13. The summed E-state index contributed by atoms with van der Waals surface area (Å²) < 4.78 is 86.3. The van der Waals surface area contributed by atoms with E-state index >= 15 is 0 Å². The lowest BCUT2D eigenvalue weighted by Gasteiger charge is -2.19. The minimum absolute atomic E-state index is 0.0178. The van der Waals surface area contributed by atoms with Gasteiger partial charge in [0, 0.05) is 53.8 Å². The number of urea groups is 1. The highest BCUT2D eigenvalue weighted by atomic mass is 32.2. The van der Waals surface area contributed by atoms with E-state index in [-0.39, 0.29) is 48.1 Å². The van der Waals surface area contributed by atoms with Crippen molar-refractivity contribution in [3.63, 3.8) is 0 Å². The van der Waals surface area contributed by atoms with Gasteiger partial charge in [-0.3, -0.25) is 5.73 Å². The summed E-state index contributed by atoms with van der Waals surface area (Å²) in [5, 5.41) is 7.58. The number of aryl methyl sites for hydroxylation is 1. The third-order valence-electron chi connectivity index (χ3n) is 5.89. The Hall–Kier alpha value is -3.66. The summed E-state index contributed by atoms with van der Waals surface area (Å²) in [6.45, 7) is 0.563. The van der Waals surface area contributed by atoms with Gasteiger partial charge in [0.1, 0.15) is 12.0 Å². The highest BCUT2D eigenvalue weighted by Crippen LogP contribution is 2.39. The van der Waals surface area contributed by atoms with Gasteiger partial charge in [0.05, 0.1) is 11.1 Å². The van der Waals surface area contributed by atoms with Crippen molar-refractivity contribution in [1.82, 2.24) is 0 Å². The van der Waals surface area contributed by atoms with Crippen LogP contribution in [0.25, 0.3) is 0 Å². The number of alkyl halides is 6. The Bertz CT molecular complexity index is 1360. The van der Waals surface area contributed by atoms with Crippen molar-refractivity contribution < 1.29 is 35.9 Å². The fourth-order valence-electron chi connectivity index (χ4n) is 3.91. The van der Waals surface area contributed by atoms with Gasteiger partial charge in [-0.1, -0.05) is 12.1 Å². The highest BCUT2D eigenvalue weighted by Gasteiger charge is 2.35. The molecule has 43 heavy (non-hydrogen) atoms. The van der Waals surface area contributed by atoms with Crippen LogP contribution >= 0.6 is 11.8 Å². The van der Waals surface area contributed by atoms with E-state index in [0.717, 1.165) is 29.5 Å². The zero-order valence-electron chi connectivity index (χ0n) is 22.8. The topological polar surface area (TPSA) is 140 Å². The van der Waals surface area contributed by atoms with Crippen LogP contribution in [0.15, 0.2) is 65.6 Å². The molecule has 9 N–H and O–H groups in total. The van der Waals surface area contributed by atoms with Crippen molar-refractivity contribution in [3.8, 4) is 5.75 Å². The van der Waals surface area contributed by atoms with E-state index < -0.39 is 35.7 Å². The zero-order chi connectivity index (χ0) is 31.6. The number of hydrogen-bond acceptors (Lipinski definition) is 7. The Morgan fingerprint density at radius 1 is 0.837 bits per heavy atom. The largest absolute Gasteiger partial charge is 0.476 e. The van der Waals surface area contributed by atoms with E-state index in [1.807, 2.05) is 0 Å². The first-order valence-corrected chi connectivity index (χ1v) is 14.1. The molecule has 0 aliphatic heterocycles. The molecule has 8 nitrogen and oxygen atoms in total. The third-order valence-corrected chi connectivity index (χ3v) is 7.00. The molecule has 0 aliphatic carbocycles. The number of benzene rings is 3. The highest BCUT2D eigenvalue weighted by molar-refractivity contribution is 7.99. The predicted molar refractivity (Wildman–Crippen MR) is 156 cm³/mol. The molecule has 1 atom stereocenters. The molecule has 0 spiro atoms. The normalized spacial score (nSPS) is 12.5. The van der Waals surface area contributed by atoms with Crippen LogP contribution in [-0.4, -0.2) is 37.6 Å². The number of halogens is 6. The quantitative estimate of drug-likeness (QED) is 0.0764. The molecule has 15 heteroatoms. The molecule has 2 amide bonds. The van der Waals surface area contributed by atoms with Gasteiger partial charge in [0.15, 0.2) is 0 Å². The summed E-state index contributed by atoms with van der Waals surface area (Å²) in [4.78, 5) is 12.4. The molecule has 0 saturated carbocycles. The molecule has 0 radical (unpaired) electrons. The molecule has 3 aromatic rings. The van der Waals surface area contributed by atoms with E-state index in [9.17, 15) is 31.1 Å². The second-order valence-corrected chi connectivity index (χ2v) is 10.4. The van der Waals surface area contributed by atoms with Crippen LogP contribution in [0.4, 0.5) is 48.2 Å². The molecule has 0 bridgehead atoms. The van der Waals surface area contributed by atoms with Gasteiger partial charge in [0.2, 0.25) is 0 Å². The van der Waals surface area contributed by atoms with Crippen molar-refractivity contribution in [1.29, 1.82) is 0 Å². The van der Waals surface area contributed by atoms with Crippen LogP contribution in [-0.2, 0) is 18.8 Å². The van der Waals surface area contributed by atoms with Crippen LogP contribution in [0.3, 0.4) is 0 Å². The molecule has 0 fully saturated rings. The number of ether oxygens (including phenoxy) is 1. The Kier molecular flexibility index (Phi) is 11.9. The number of amides is 2. The molecule has 0 aliphatic rings. The summed E-state index contributed by atoms with van der Waals surface area (Å²) >= 11 is 0.980. The van der Waals surface area contributed by atoms with Gasteiger partial charge in [-0.15, -0.1) is 11.8 Å². The standard InChI is InChI=1S/C28H32F6N6O2S/c29-27(30,31)21-16-20(7-8-23(21)38-13-11-35)42-25(37)10-3-17-1-4-18(5-2-17)39-26(41)40-19-6-9-24(43-14-12-36)22(15-19)28(32,33)34/h1-2,4-9,15-16,25,38H,3,10-14,35-37H2,(H2,39,40,41). The van der Waals surface area contributed by atoms with Crippen molar-refractivity contribution in [3.05, 3.63) is 77.4 Å². The van der Waals surface area contributed by atoms with Gasteiger partial charge >= 0.3 is 18.4 Å². The lowest BCUT2D eigenvalue weighted by atomic mass is 10.1. The van der Waals surface area contributed by atoms with Gasteiger partial charge < -0.3 is 32.2 Å². The Labute approximate surface area is 248 Å². The van der Waals surface area contributed by atoms with E-state index in [1.54, 1.807) is 24.3 Å². The van der Waals surface area contributed by atoms with Crippen molar-refractivity contribution >= 4 is 34.9 Å². The number of anilines is 3. The summed E-state index contributed by atoms with van der Waals surface area (Å²) in [5.74, 6) is 0.283. The summed E-state index contributed by atoms with van der Waals surface area (Å²) in [7, 11) is 0. The summed E-state index contributed by atoms with van der Waals surface area (Å²) in [5.41, 5.74) is 16.0. The minimum atomic E-state index is -4.60. The van der Waals surface area contributed by atoms with Gasteiger partial charge in [-0.25, -0.2) is 4.79 Å². The third kappa shape index (κ3) is 10.5. The van der Waals surface area contributed by atoms with E-state index in [0.29, 0.717) is 17.9 Å². The number of thioether (sulfide) groups is 1. The lowest BCUT2D eigenvalue weighted by molar-refractivity contribution is -0.139. The molecule has 1 unspecified atom stereocenters. The molecule has 0 aromatic heterocycles. The van der Waals surface area contributed by atoms with E-state index in [2.05, 4.69) is 16.0 Å². The average Bonchev–Trinajstić information content (AvgIpc) is 2.94. The maximum Gasteiger partial charge on any atom is 0.418 e. The predicted octanol–water partition coefficient (Wildman–Crippen LogP) is 6.09. The average molecular weight is 631 g/mol. The van der Waals surface area contributed by atoms with Crippen LogP contribution < -0.4 is 37.9 Å². The first-order chi connectivity index (χ1) is 20.3. The molecule has 0 saturated heterocycles. The number of nitrogens with one attached hydrogen (secondary N) is 3. The van der Waals surface area contributed by atoms with Crippen LogP contribution in [0.2, 0.25) is 0 Å². The fraction of sp³-hybridized carbons (Fsp3) is 0.321. The van der Waals surface area contributed by atoms with Crippen LogP contribution in [0.1, 0.15) is 23.1 Å². The van der Waals surface area contributed by atoms with Gasteiger partial charge in [-0.2, -0.15) is 26.3 Å². The summed E-state index contributed by atoms with van der Waals surface area (Å²) in [6.07, 6.45) is -9.40. The SMILES string of the molecule is NCCNc1ccc(OC(N)CCc2ccc(NC(=O)Nc3ccc(SCCN)c(C(F)(F)F)c3)cc2)cc1C(F)(F)F. The number of carbonyl (C=O) groups is 1. The molecular weight excluding hydrogens is 598 g/mol. The molecule has 234 valence electrons. The zero-order valence-corrected chi connectivity index (χ0v) is 23.6. The molecule has 3 aromatic carbocycles. The first-order valence-electron chi connectivity index (χ1n) is 13.1. The first kappa shape index (κ1) is 33.8. The fourth-order valence-corrected chi connectivity index (χ4v) is 4.74. The minimum Gasteiger partial charge on any atom is -0.476 e. The van der Waals surface area contributed by atoms with E-state index in [4.69, 9.17) is 21.9 Å². The van der Waals surface area contributed by atoms with Crippen LogP contribution in [0.5, 0.6) is 5.75 Å². The van der Waals surface area contributed by atoms with Crippen LogP contribution in [0, 0.1) is 0 Å². The molecule has 3 rings (SSSR count).